The fourth-order valence-electron chi connectivity index (χ4n) is 2.39. The van der Waals surface area contributed by atoms with Gasteiger partial charge in [0, 0.05) is 18.3 Å². The Morgan fingerprint density at radius 2 is 2.00 bits per heavy atom. The molecule has 0 amide bonds. The first kappa shape index (κ1) is 13.4. The molecule has 0 bridgehead atoms. The second kappa shape index (κ2) is 4.90. The molecule has 0 aromatic heterocycles. The first-order valence-corrected chi connectivity index (χ1v) is 7.72. The summed E-state index contributed by atoms with van der Waals surface area (Å²) in [6, 6.07) is 6.58. The van der Waals surface area contributed by atoms with Gasteiger partial charge < -0.3 is 5.73 Å². The molecular weight excluding hydrogens is 248 g/mol. The Labute approximate surface area is 109 Å². The van der Waals surface area contributed by atoms with Crippen molar-refractivity contribution in [1.82, 2.24) is 4.31 Å². The number of sulfonamides is 1. The van der Waals surface area contributed by atoms with Crippen LogP contribution in [0.2, 0.25) is 0 Å². The van der Waals surface area contributed by atoms with Crippen molar-refractivity contribution in [3.05, 3.63) is 24.3 Å². The van der Waals surface area contributed by atoms with Crippen molar-refractivity contribution in [3.63, 3.8) is 0 Å². The molecule has 4 nitrogen and oxygen atoms in total. The maximum absolute atomic E-state index is 12.6. The maximum Gasteiger partial charge on any atom is 0.243 e. The normalized spacial score (nSPS) is 26.1. The third-order valence-electron chi connectivity index (χ3n) is 3.53. The van der Waals surface area contributed by atoms with Crippen LogP contribution in [-0.4, -0.2) is 25.3 Å². The molecule has 0 aliphatic carbocycles. The smallest absolute Gasteiger partial charge is 0.243 e. The van der Waals surface area contributed by atoms with Crippen molar-refractivity contribution in [1.29, 1.82) is 0 Å². The van der Waals surface area contributed by atoms with Gasteiger partial charge in [-0.1, -0.05) is 13.0 Å². The topological polar surface area (TPSA) is 63.4 Å². The van der Waals surface area contributed by atoms with Crippen LogP contribution in [0.25, 0.3) is 0 Å². The number of hydrogen-bond donors (Lipinski definition) is 1. The Kier molecular flexibility index (Phi) is 3.64. The van der Waals surface area contributed by atoms with E-state index in [2.05, 4.69) is 6.92 Å². The highest BCUT2D eigenvalue weighted by atomic mass is 32.2. The van der Waals surface area contributed by atoms with E-state index in [-0.39, 0.29) is 6.04 Å². The standard InChI is InChI=1S/C13H20N2O2S/c1-10-6-7-11(2)15(9-10)18(16,17)13-5-3-4-12(14)8-13/h3-5,8,10-11H,6-7,9,14H2,1-2H3. The zero-order valence-electron chi connectivity index (χ0n) is 10.8. The number of nitrogens with zero attached hydrogens (tertiary/aromatic N) is 1. The van der Waals surface area contributed by atoms with E-state index in [9.17, 15) is 8.42 Å². The second-order valence-electron chi connectivity index (χ2n) is 5.18. The Hall–Kier alpha value is -1.07. The molecule has 1 aliphatic heterocycles. The molecule has 100 valence electrons. The van der Waals surface area contributed by atoms with Crippen molar-refractivity contribution >= 4 is 15.7 Å². The van der Waals surface area contributed by atoms with Gasteiger partial charge in [0.15, 0.2) is 0 Å². The van der Waals surface area contributed by atoms with Gasteiger partial charge in [0.2, 0.25) is 10.0 Å². The van der Waals surface area contributed by atoms with Crippen LogP contribution in [0.1, 0.15) is 26.7 Å². The highest BCUT2D eigenvalue weighted by Crippen LogP contribution is 2.28. The Morgan fingerprint density at radius 3 is 2.67 bits per heavy atom. The number of nitrogens with two attached hydrogens (primary N) is 1. The quantitative estimate of drug-likeness (QED) is 0.835. The molecule has 0 radical (unpaired) electrons. The lowest BCUT2D eigenvalue weighted by atomic mass is 9.97. The molecular formula is C13H20N2O2S. The monoisotopic (exact) mass is 268 g/mol. The molecule has 1 aromatic rings. The van der Waals surface area contributed by atoms with Crippen LogP contribution in [0.5, 0.6) is 0 Å². The van der Waals surface area contributed by atoms with Crippen molar-refractivity contribution in [2.75, 3.05) is 12.3 Å². The molecule has 0 saturated carbocycles. The van der Waals surface area contributed by atoms with Crippen LogP contribution < -0.4 is 5.73 Å². The summed E-state index contributed by atoms with van der Waals surface area (Å²) < 4.78 is 26.7. The highest BCUT2D eigenvalue weighted by Gasteiger charge is 2.33. The van der Waals surface area contributed by atoms with Gasteiger partial charge in [0.05, 0.1) is 4.90 Å². The van der Waals surface area contributed by atoms with Crippen LogP contribution in [0.4, 0.5) is 5.69 Å². The zero-order valence-corrected chi connectivity index (χ0v) is 11.7. The predicted molar refractivity (Wildman–Crippen MR) is 72.6 cm³/mol. The number of hydrogen-bond acceptors (Lipinski definition) is 3. The molecule has 1 saturated heterocycles. The van der Waals surface area contributed by atoms with Crippen molar-refractivity contribution in [2.45, 2.75) is 37.6 Å². The van der Waals surface area contributed by atoms with Crippen LogP contribution in [0.15, 0.2) is 29.2 Å². The van der Waals surface area contributed by atoms with Crippen molar-refractivity contribution in [2.24, 2.45) is 5.92 Å². The van der Waals surface area contributed by atoms with Gasteiger partial charge in [-0.3, -0.25) is 0 Å². The van der Waals surface area contributed by atoms with E-state index in [1.807, 2.05) is 6.92 Å². The Bertz CT molecular complexity index is 528. The third kappa shape index (κ3) is 2.52. The zero-order chi connectivity index (χ0) is 13.3. The molecule has 1 aliphatic rings. The fraction of sp³-hybridized carbons (Fsp3) is 0.538. The van der Waals surface area contributed by atoms with Gasteiger partial charge in [-0.25, -0.2) is 8.42 Å². The lowest BCUT2D eigenvalue weighted by molar-refractivity contribution is 0.218. The number of anilines is 1. The number of benzene rings is 1. The summed E-state index contributed by atoms with van der Waals surface area (Å²) in [5, 5.41) is 0. The van der Waals surface area contributed by atoms with E-state index < -0.39 is 10.0 Å². The Morgan fingerprint density at radius 1 is 1.28 bits per heavy atom. The van der Waals surface area contributed by atoms with Crippen molar-refractivity contribution in [3.8, 4) is 0 Å². The third-order valence-corrected chi connectivity index (χ3v) is 5.50. The minimum Gasteiger partial charge on any atom is -0.399 e. The summed E-state index contributed by atoms with van der Waals surface area (Å²) in [5.41, 5.74) is 6.14. The Balaban J connectivity index is 2.35. The molecule has 2 rings (SSSR count). The summed E-state index contributed by atoms with van der Waals surface area (Å²) in [5.74, 6) is 0.414. The average Bonchev–Trinajstić information content (AvgIpc) is 2.32. The van der Waals surface area contributed by atoms with E-state index in [0.717, 1.165) is 12.8 Å². The van der Waals surface area contributed by atoms with E-state index >= 15 is 0 Å². The van der Waals surface area contributed by atoms with Crippen molar-refractivity contribution < 1.29 is 8.42 Å². The lowest BCUT2D eigenvalue weighted by Crippen LogP contribution is -2.44. The molecule has 2 N–H and O–H groups in total. The van der Waals surface area contributed by atoms with Crippen LogP contribution in [0, 0.1) is 5.92 Å². The molecule has 1 fully saturated rings. The van der Waals surface area contributed by atoms with Gasteiger partial charge in [0.1, 0.15) is 0 Å². The fourth-order valence-corrected chi connectivity index (χ4v) is 4.23. The first-order valence-electron chi connectivity index (χ1n) is 6.28. The van der Waals surface area contributed by atoms with Crippen LogP contribution in [0.3, 0.4) is 0 Å². The van der Waals surface area contributed by atoms with Gasteiger partial charge in [-0.2, -0.15) is 4.31 Å². The average molecular weight is 268 g/mol. The van der Waals surface area contributed by atoms with Gasteiger partial charge in [-0.05, 0) is 43.9 Å². The van der Waals surface area contributed by atoms with Crippen LogP contribution in [-0.2, 0) is 10.0 Å². The number of nitrogen functional groups attached to an aromatic ring is 1. The summed E-state index contributed by atoms with van der Waals surface area (Å²) in [6.07, 6.45) is 2.01. The largest absolute Gasteiger partial charge is 0.399 e. The minimum atomic E-state index is -3.41. The van der Waals surface area contributed by atoms with Gasteiger partial charge >= 0.3 is 0 Å². The second-order valence-corrected chi connectivity index (χ2v) is 7.07. The SMILES string of the molecule is CC1CCC(C)N(S(=O)(=O)c2cccc(N)c2)C1. The molecule has 2 unspecified atom stereocenters. The van der Waals surface area contributed by atoms with E-state index in [1.54, 1.807) is 22.5 Å². The summed E-state index contributed by atoms with van der Waals surface area (Å²) in [6.45, 7) is 4.65. The summed E-state index contributed by atoms with van der Waals surface area (Å²) >= 11 is 0. The van der Waals surface area contributed by atoms with E-state index in [4.69, 9.17) is 5.73 Å². The molecule has 1 aromatic carbocycles. The first-order chi connectivity index (χ1) is 8.41. The predicted octanol–water partition coefficient (Wildman–Crippen LogP) is 2.08. The molecule has 2 atom stereocenters. The summed E-state index contributed by atoms with van der Waals surface area (Å²) in [7, 11) is -3.41. The van der Waals surface area contributed by atoms with Gasteiger partial charge in [-0.15, -0.1) is 0 Å². The van der Waals surface area contributed by atoms with E-state index in [1.165, 1.54) is 6.07 Å². The molecule has 5 heteroatoms. The maximum atomic E-state index is 12.6. The highest BCUT2D eigenvalue weighted by molar-refractivity contribution is 7.89. The number of piperidine rings is 1. The van der Waals surface area contributed by atoms with E-state index in [0.29, 0.717) is 23.0 Å². The van der Waals surface area contributed by atoms with Gasteiger partial charge in [0.25, 0.3) is 0 Å². The van der Waals surface area contributed by atoms with Crippen LogP contribution >= 0.6 is 0 Å². The lowest BCUT2D eigenvalue weighted by Gasteiger charge is -2.35. The number of rotatable bonds is 2. The molecule has 1 heterocycles. The molecule has 18 heavy (non-hydrogen) atoms. The molecule has 0 spiro atoms. The minimum absolute atomic E-state index is 0.0626. The summed E-state index contributed by atoms with van der Waals surface area (Å²) in [4.78, 5) is 0.295.